The van der Waals surface area contributed by atoms with Crippen molar-refractivity contribution in [2.45, 2.75) is 109 Å². The number of carbonyl (C=O) groups is 2. The van der Waals surface area contributed by atoms with Gasteiger partial charge in [0.05, 0.1) is 18.2 Å². The third-order valence-electron chi connectivity index (χ3n) is 12.3. The monoisotopic (exact) mass is 865 g/mol. The van der Waals surface area contributed by atoms with Gasteiger partial charge >= 0.3 is 6.09 Å². The summed E-state index contributed by atoms with van der Waals surface area (Å²) >= 11 is 0. The highest BCUT2D eigenvalue weighted by atomic mass is 16.7. The molecule has 3 N–H and O–H groups in total. The molecule has 0 saturated heterocycles. The van der Waals surface area contributed by atoms with Crippen molar-refractivity contribution in [2.24, 2.45) is 22.9 Å². The number of hydrogen-bond donors (Lipinski definition) is 3. The fourth-order valence-corrected chi connectivity index (χ4v) is 9.65. The van der Waals surface area contributed by atoms with Crippen LogP contribution >= 0.6 is 0 Å². The Kier molecular flexibility index (Phi) is 14.8. The van der Waals surface area contributed by atoms with E-state index in [9.17, 15) is 15.0 Å². The molecule has 0 aromatic heterocycles. The number of benzene rings is 3. The second-order valence-corrected chi connectivity index (χ2v) is 17.8. The Morgan fingerprint density at radius 2 is 1.71 bits per heavy atom. The predicted molar refractivity (Wildman–Crippen MR) is 239 cm³/mol. The molecule has 7 rings (SSSR count). The molecule has 13 heteroatoms. The molecule has 2 aliphatic carbocycles. The number of nitrogens with one attached hydrogen (secondary N) is 1. The standard InChI is InChI=1S/C50H63N3O10/c1-6-23-53(47(56)35-19-21-42-43(28-35)59-32-58-42)44-30-40(52-63-49(3,4)5)38-27-34(17-11-13-24-54)37(18-12-14-25-55)45-39-29-36(61-48(57)51-31-33-15-9-8-10-16-33)20-22-41(39)62-50(44,46(38)45)60-26-7-2/h7-10,15-16,19-22,27-29,34,37,44-46,54-55H,2,6,11-14,17-18,23-26,30-32H2,1,3-5H3,(H,51,57)/t34-,37+,44-,45+,46+,50+/m0/s1. The SMILES string of the molecule is C=CCO[C@@]12Oc3ccc(OC(=O)NCc4ccccc4)cc3[C@H]3[C@H](CCCCO)[C@@H](CCCCO)C=C(C(=NOC(C)(C)C)C[C@@H]1N(CCC)C(=O)c1ccc4c(c1)OCO4)[C@H]32. The summed E-state index contributed by atoms with van der Waals surface area (Å²) in [6, 6.07) is 19.6. The Labute approximate surface area is 371 Å². The minimum Gasteiger partial charge on any atom is -0.459 e. The number of hydrogen-bond acceptors (Lipinski definition) is 11. The van der Waals surface area contributed by atoms with Gasteiger partial charge in [-0.05, 0) is 112 Å². The molecule has 13 nitrogen and oxygen atoms in total. The van der Waals surface area contributed by atoms with Crippen LogP contribution in [0.1, 0.15) is 106 Å². The van der Waals surface area contributed by atoms with Gasteiger partial charge in [-0.2, -0.15) is 0 Å². The van der Waals surface area contributed by atoms with Gasteiger partial charge in [0.1, 0.15) is 23.1 Å². The van der Waals surface area contributed by atoms with Gasteiger partial charge < -0.3 is 49.0 Å². The van der Waals surface area contributed by atoms with E-state index < -0.39 is 29.4 Å². The number of amides is 2. The van der Waals surface area contributed by atoms with Crippen molar-refractivity contribution in [2.75, 3.05) is 33.2 Å². The van der Waals surface area contributed by atoms with Gasteiger partial charge in [0.25, 0.3) is 5.91 Å². The number of aliphatic hydroxyl groups excluding tert-OH is 2. The number of ether oxygens (including phenoxy) is 5. The average molecular weight is 866 g/mol. The fraction of sp³-hybridized carbons (Fsp3) is 0.500. The predicted octanol–water partition coefficient (Wildman–Crippen LogP) is 8.69. The molecule has 0 radical (unpaired) electrons. The second kappa shape index (κ2) is 20.4. The van der Waals surface area contributed by atoms with Crippen molar-refractivity contribution in [3.8, 4) is 23.0 Å². The lowest BCUT2D eigenvalue weighted by Crippen LogP contribution is -2.70. The number of oxime groups is 1. The zero-order valence-corrected chi connectivity index (χ0v) is 37.1. The van der Waals surface area contributed by atoms with Crippen molar-refractivity contribution < 1.29 is 48.3 Å². The number of nitrogens with zero attached hydrogens (tertiary/aromatic N) is 2. The van der Waals surface area contributed by atoms with E-state index in [1.54, 1.807) is 30.3 Å². The number of rotatable bonds is 19. The zero-order chi connectivity index (χ0) is 44.6. The van der Waals surface area contributed by atoms with Crippen LogP contribution in [0.25, 0.3) is 0 Å². The Morgan fingerprint density at radius 3 is 2.44 bits per heavy atom. The lowest BCUT2D eigenvalue weighted by atomic mass is 9.55. The van der Waals surface area contributed by atoms with Gasteiger partial charge in [0, 0.05) is 49.8 Å². The van der Waals surface area contributed by atoms with Crippen molar-refractivity contribution in [1.82, 2.24) is 10.2 Å². The minimum atomic E-state index is -1.44. The average Bonchev–Trinajstić information content (AvgIpc) is 3.76. The van der Waals surface area contributed by atoms with E-state index in [1.165, 1.54) is 0 Å². The van der Waals surface area contributed by atoms with Gasteiger partial charge in [-0.1, -0.05) is 67.4 Å². The van der Waals surface area contributed by atoms with Gasteiger partial charge in [-0.3, -0.25) is 4.79 Å². The summed E-state index contributed by atoms with van der Waals surface area (Å²) in [4.78, 5) is 36.5. The minimum absolute atomic E-state index is 0.00627. The van der Waals surface area contributed by atoms with E-state index in [4.69, 9.17) is 33.7 Å². The van der Waals surface area contributed by atoms with E-state index in [2.05, 4.69) is 18.0 Å². The molecule has 6 atom stereocenters. The molecule has 0 unspecified atom stereocenters. The lowest BCUT2D eigenvalue weighted by Gasteiger charge is -2.60. The van der Waals surface area contributed by atoms with Crippen LogP contribution in [0.5, 0.6) is 23.0 Å². The first-order chi connectivity index (χ1) is 30.5. The molecule has 3 aromatic rings. The third-order valence-corrected chi connectivity index (χ3v) is 12.3. The molecular weight excluding hydrogens is 803 g/mol. The van der Waals surface area contributed by atoms with Crippen LogP contribution in [-0.4, -0.2) is 83.4 Å². The van der Waals surface area contributed by atoms with Gasteiger partial charge in [-0.15, -0.1) is 6.58 Å². The van der Waals surface area contributed by atoms with E-state index in [0.717, 1.165) is 42.4 Å². The summed E-state index contributed by atoms with van der Waals surface area (Å²) in [5.41, 5.74) is 3.22. The van der Waals surface area contributed by atoms with Gasteiger partial charge in [0.2, 0.25) is 12.6 Å². The summed E-state index contributed by atoms with van der Waals surface area (Å²) in [5, 5.41) is 27.7. The molecule has 2 amide bonds. The molecule has 2 heterocycles. The highest BCUT2D eigenvalue weighted by Crippen LogP contribution is 2.62. The number of allylic oxidation sites excluding steroid dienone is 1. The lowest BCUT2D eigenvalue weighted by molar-refractivity contribution is -0.254. The quantitative estimate of drug-likeness (QED) is 0.0605. The summed E-state index contributed by atoms with van der Waals surface area (Å²) in [7, 11) is 0. The first-order valence-corrected chi connectivity index (χ1v) is 22.5. The Balaban J connectivity index is 1.40. The molecule has 1 saturated carbocycles. The summed E-state index contributed by atoms with van der Waals surface area (Å²) < 4.78 is 31.7. The topological polar surface area (TPSA) is 158 Å². The highest BCUT2D eigenvalue weighted by Gasteiger charge is 2.65. The Hall–Kier alpha value is -5.37. The smallest absolute Gasteiger partial charge is 0.412 e. The van der Waals surface area contributed by atoms with E-state index in [-0.39, 0.29) is 56.7 Å². The maximum atomic E-state index is 15.1. The first kappa shape index (κ1) is 45.6. The molecule has 0 bridgehead atoms. The van der Waals surface area contributed by atoms with Gasteiger partial charge in [-0.25, -0.2) is 4.79 Å². The summed E-state index contributed by atoms with van der Waals surface area (Å²) in [5.74, 6) is -0.459. The maximum absolute atomic E-state index is 15.1. The van der Waals surface area contributed by atoms with Crippen LogP contribution in [0.4, 0.5) is 4.79 Å². The molecule has 4 aliphatic rings. The summed E-state index contributed by atoms with van der Waals surface area (Å²) in [6.45, 7) is 13.0. The van der Waals surface area contributed by atoms with Crippen molar-refractivity contribution in [1.29, 1.82) is 0 Å². The molecule has 338 valence electrons. The number of aliphatic hydroxyl groups is 2. The van der Waals surface area contributed by atoms with Crippen LogP contribution in [0.2, 0.25) is 0 Å². The third kappa shape index (κ3) is 10.2. The molecular formula is C50H63N3O10. The second-order valence-electron chi connectivity index (χ2n) is 17.8. The number of unbranched alkanes of at least 4 members (excludes halogenated alkanes) is 2. The van der Waals surface area contributed by atoms with Crippen molar-refractivity contribution in [3.63, 3.8) is 0 Å². The molecule has 0 spiro atoms. The van der Waals surface area contributed by atoms with E-state index in [0.29, 0.717) is 66.6 Å². The fourth-order valence-electron chi connectivity index (χ4n) is 9.65. The normalized spacial score (nSPS) is 23.7. The van der Waals surface area contributed by atoms with E-state index >= 15 is 4.79 Å². The molecule has 63 heavy (non-hydrogen) atoms. The summed E-state index contributed by atoms with van der Waals surface area (Å²) in [6.07, 6.45) is 8.73. The van der Waals surface area contributed by atoms with Crippen LogP contribution < -0.4 is 24.3 Å². The molecule has 1 fully saturated rings. The van der Waals surface area contributed by atoms with Crippen molar-refractivity contribution >= 4 is 17.7 Å². The largest absolute Gasteiger partial charge is 0.459 e. The maximum Gasteiger partial charge on any atom is 0.412 e. The van der Waals surface area contributed by atoms with Crippen LogP contribution in [0.3, 0.4) is 0 Å². The molecule has 2 aliphatic heterocycles. The van der Waals surface area contributed by atoms with Crippen LogP contribution in [-0.2, 0) is 16.1 Å². The first-order valence-electron chi connectivity index (χ1n) is 22.5. The Morgan fingerprint density at radius 1 is 0.968 bits per heavy atom. The Bertz CT molecular complexity index is 2130. The van der Waals surface area contributed by atoms with Crippen LogP contribution in [0, 0.1) is 17.8 Å². The van der Waals surface area contributed by atoms with Gasteiger partial charge in [0.15, 0.2) is 11.5 Å². The molecule has 3 aromatic carbocycles. The number of fused-ring (bicyclic) bond motifs is 3. The van der Waals surface area contributed by atoms with E-state index in [1.807, 2.05) is 75.1 Å². The van der Waals surface area contributed by atoms with Crippen molar-refractivity contribution in [3.05, 3.63) is 108 Å². The van der Waals surface area contributed by atoms with Crippen LogP contribution in [0.15, 0.2) is 96.2 Å². The number of carbonyl (C=O) groups excluding carboxylic acids is 2. The highest BCUT2D eigenvalue weighted by molar-refractivity contribution is 6.03. The zero-order valence-electron chi connectivity index (χ0n) is 37.1.